The van der Waals surface area contributed by atoms with E-state index in [0.29, 0.717) is 24.7 Å². The largest absolute Gasteiger partial charge is 0.378 e. The molecular weight excluding hydrogens is 352 g/mol. The molecular formula is C22H32N4O2. The molecule has 2 unspecified atom stereocenters. The Labute approximate surface area is 167 Å². The van der Waals surface area contributed by atoms with Gasteiger partial charge in [0.25, 0.3) is 0 Å². The van der Waals surface area contributed by atoms with Crippen LogP contribution in [0.15, 0.2) is 28.8 Å². The van der Waals surface area contributed by atoms with Crippen molar-refractivity contribution in [2.75, 3.05) is 19.7 Å². The van der Waals surface area contributed by atoms with Gasteiger partial charge in [-0.2, -0.15) is 4.98 Å². The predicted octanol–water partition coefficient (Wildman–Crippen LogP) is 3.71. The zero-order valence-electron chi connectivity index (χ0n) is 17.3. The maximum atomic E-state index is 6.68. The maximum Gasteiger partial charge on any atom is 0.247 e. The van der Waals surface area contributed by atoms with Crippen LogP contribution in [0.2, 0.25) is 0 Å². The SMILES string of the molecule is CCOC1CC(N)(c2nc(-c3cccc(CN4CCCCC4)c3)no2)C1(C)C. The van der Waals surface area contributed by atoms with Crippen molar-refractivity contribution in [1.29, 1.82) is 0 Å². The molecule has 152 valence electrons. The lowest BCUT2D eigenvalue weighted by molar-refractivity contribution is -0.162. The van der Waals surface area contributed by atoms with Crippen LogP contribution in [0.1, 0.15) is 57.9 Å². The molecule has 1 saturated carbocycles. The van der Waals surface area contributed by atoms with Gasteiger partial charge in [0.15, 0.2) is 0 Å². The fraction of sp³-hybridized carbons (Fsp3) is 0.636. The van der Waals surface area contributed by atoms with Gasteiger partial charge in [-0.25, -0.2) is 0 Å². The van der Waals surface area contributed by atoms with Crippen LogP contribution in [0.5, 0.6) is 0 Å². The number of likely N-dealkylation sites (tertiary alicyclic amines) is 1. The van der Waals surface area contributed by atoms with E-state index in [9.17, 15) is 0 Å². The van der Waals surface area contributed by atoms with Crippen molar-refractivity contribution < 1.29 is 9.26 Å². The summed E-state index contributed by atoms with van der Waals surface area (Å²) in [4.78, 5) is 7.20. The monoisotopic (exact) mass is 384 g/mol. The third kappa shape index (κ3) is 3.38. The molecule has 2 fully saturated rings. The number of piperidine rings is 1. The second-order valence-electron chi connectivity index (χ2n) is 8.80. The molecule has 6 nitrogen and oxygen atoms in total. The predicted molar refractivity (Wildman–Crippen MR) is 109 cm³/mol. The van der Waals surface area contributed by atoms with Crippen LogP contribution in [0, 0.1) is 5.41 Å². The van der Waals surface area contributed by atoms with Crippen LogP contribution in [0.3, 0.4) is 0 Å². The van der Waals surface area contributed by atoms with Crippen LogP contribution in [-0.4, -0.2) is 40.8 Å². The summed E-state index contributed by atoms with van der Waals surface area (Å²) in [6.07, 6.45) is 4.76. The summed E-state index contributed by atoms with van der Waals surface area (Å²) in [6, 6.07) is 8.44. The van der Waals surface area contributed by atoms with E-state index in [1.807, 2.05) is 13.0 Å². The van der Waals surface area contributed by atoms with Crippen molar-refractivity contribution >= 4 is 0 Å². The number of hydrogen-bond donors (Lipinski definition) is 1. The van der Waals surface area contributed by atoms with Crippen molar-refractivity contribution in [3.8, 4) is 11.4 Å². The highest BCUT2D eigenvalue weighted by Gasteiger charge is 2.62. The molecule has 4 rings (SSSR count). The number of ether oxygens (including phenoxy) is 1. The van der Waals surface area contributed by atoms with Crippen LogP contribution < -0.4 is 5.73 Å². The minimum absolute atomic E-state index is 0.116. The lowest BCUT2D eigenvalue weighted by Crippen LogP contribution is -2.67. The van der Waals surface area contributed by atoms with Crippen LogP contribution in [0.4, 0.5) is 0 Å². The molecule has 1 aromatic carbocycles. The number of benzene rings is 1. The normalized spacial score (nSPS) is 27.5. The van der Waals surface area contributed by atoms with Crippen molar-refractivity contribution in [3.63, 3.8) is 0 Å². The van der Waals surface area contributed by atoms with E-state index >= 15 is 0 Å². The molecule has 1 saturated heterocycles. The average molecular weight is 385 g/mol. The van der Waals surface area contributed by atoms with Gasteiger partial charge in [-0.15, -0.1) is 0 Å². The van der Waals surface area contributed by atoms with Crippen LogP contribution in [0.25, 0.3) is 11.4 Å². The second kappa shape index (κ2) is 7.58. The Balaban J connectivity index is 1.51. The lowest BCUT2D eigenvalue weighted by Gasteiger charge is -2.56. The minimum Gasteiger partial charge on any atom is -0.378 e. The van der Waals surface area contributed by atoms with E-state index in [1.165, 1.54) is 37.9 Å². The fourth-order valence-corrected chi connectivity index (χ4v) is 4.50. The van der Waals surface area contributed by atoms with Crippen molar-refractivity contribution in [3.05, 3.63) is 35.7 Å². The van der Waals surface area contributed by atoms with E-state index in [0.717, 1.165) is 12.1 Å². The van der Waals surface area contributed by atoms with Crippen molar-refractivity contribution in [2.24, 2.45) is 11.1 Å². The van der Waals surface area contributed by atoms with Gasteiger partial charge in [0.1, 0.15) is 5.54 Å². The zero-order chi connectivity index (χ0) is 19.8. The molecule has 6 heteroatoms. The highest BCUT2D eigenvalue weighted by molar-refractivity contribution is 5.55. The Morgan fingerprint density at radius 3 is 2.75 bits per heavy atom. The van der Waals surface area contributed by atoms with E-state index in [4.69, 9.17) is 15.0 Å². The molecule has 2 heterocycles. The van der Waals surface area contributed by atoms with Gasteiger partial charge in [-0.3, -0.25) is 4.90 Å². The van der Waals surface area contributed by atoms with E-state index < -0.39 is 5.54 Å². The molecule has 2 aromatic rings. The summed E-state index contributed by atoms with van der Waals surface area (Å²) in [7, 11) is 0. The molecule has 2 N–H and O–H groups in total. The first-order valence-electron chi connectivity index (χ1n) is 10.5. The first-order chi connectivity index (χ1) is 13.4. The first kappa shape index (κ1) is 19.6. The molecule has 1 aliphatic heterocycles. The molecule has 2 atom stereocenters. The third-order valence-electron chi connectivity index (χ3n) is 6.68. The fourth-order valence-electron chi connectivity index (χ4n) is 4.50. The number of nitrogens with zero attached hydrogens (tertiary/aromatic N) is 3. The highest BCUT2D eigenvalue weighted by Crippen LogP contribution is 2.55. The quantitative estimate of drug-likeness (QED) is 0.818. The smallest absolute Gasteiger partial charge is 0.247 e. The number of hydrogen-bond acceptors (Lipinski definition) is 6. The molecule has 2 aliphatic rings. The molecule has 1 aliphatic carbocycles. The number of nitrogens with two attached hydrogens (primary N) is 1. The van der Waals surface area contributed by atoms with Gasteiger partial charge in [0.05, 0.1) is 6.10 Å². The first-order valence-corrected chi connectivity index (χ1v) is 10.5. The van der Waals surface area contributed by atoms with Gasteiger partial charge < -0.3 is 15.0 Å². The molecule has 1 aromatic heterocycles. The number of rotatable bonds is 6. The Morgan fingerprint density at radius 1 is 1.25 bits per heavy atom. The molecule has 28 heavy (non-hydrogen) atoms. The summed E-state index contributed by atoms with van der Waals surface area (Å²) >= 11 is 0. The van der Waals surface area contributed by atoms with Crippen LogP contribution in [-0.2, 0) is 16.8 Å². The summed E-state index contributed by atoms with van der Waals surface area (Å²) in [5, 5.41) is 4.24. The van der Waals surface area contributed by atoms with Gasteiger partial charge in [0, 0.05) is 30.6 Å². The highest BCUT2D eigenvalue weighted by atomic mass is 16.5. The number of aromatic nitrogens is 2. The Bertz CT molecular complexity index is 812. The Kier molecular flexibility index (Phi) is 5.29. The van der Waals surface area contributed by atoms with Gasteiger partial charge in [-0.05, 0) is 44.5 Å². The summed E-state index contributed by atoms with van der Waals surface area (Å²) < 4.78 is 11.4. The molecule has 0 bridgehead atoms. The summed E-state index contributed by atoms with van der Waals surface area (Å²) in [5.41, 5.74) is 8.05. The summed E-state index contributed by atoms with van der Waals surface area (Å²) in [6.45, 7) is 10.3. The van der Waals surface area contributed by atoms with Crippen LogP contribution >= 0.6 is 0 Å². The standard InChI is InChI=1S/C22H32N4O2/c1-4-27-18-14-22(23,21(18,2)3)20-24-19(25-28-20)17-10-8-9-16(13-17)15-26-11-6-5-7-12-26/h8-10,13,18H,4-7,11-12,14-15,23H2,1-3H3. The second-order valence-corrected chi connectivity index (χ2v) is 8.80. The Hall–Kier alpha value is -1.76. The molecule has 0 amide bonds. The molecule has 0 radical (unpaired) electrons. The van der Waals surface area contributed by atoms with Gasteiger partial charge >= 0.3 is 0 Å². The van der Waals surface area contributed by atoms with Crippen molar-refractivity contribution in [1.82, 2.24) is 15.0 Å². The van der Waals surface area contributed by atoms with Gasteiger partial charge in [-0.1, -0.05) is 43.6 Å². The van der Waals surface area contributed by atoms with E-state index in [1.54, 1.807) is 0 Å². The van der Waals surface area contributed by atoms with E-state index in [-0.39, 0.29) is 11.5 Å². The maximum absolute atomic E-state index is 6.68. The van der Waals surface area contributed by atoms with Gasteiger partial charge in [0.2, 0.25) is 11.7 Å². The lowest BCUT2D eigenvalue weighted by atomic mass is 9.54. The van der Waals surface area contributed by atoms with Crippen molar-refractivity contribution in [2.45, 2.75) is 64.6 Å². The topological polar surface area (TPSA) is 77.4 Å². The Morgan fingerprint density at radius 2 is 2.04 bits per heavy atom. The third-order valence-corrected chi connectivity index (χ3v) is 6.68. The molecule has 0 spiro atoms. The zero-order valence-corrected chi connectivity index (χ0v) is 17.3. The summed E-state index contributed by atoms with van der Waals surface area (Å²) in [5.74, 6) is 1.11. The minimum atomic E-state index is -0.649. The van der Waals surface area contributed by atoms with E-state index in [2.05, 4.69) is 47.1 Å². The average Bonchev–Trinajstić information content (AvgIpc) is 3.19.